The van der Waals surface area contributed by atoms with Crippen molar-refractivity contribution in [1.82, 2.24) is 0 Å². The molecule has 0 radical (unpaired) electrons. The standard InChI is InChI=1S/C42H70O8/c1-26(23-47-24-48-33(44)36(2,3)4)27-15-20-42(35(46)50-25-49-34(45)37(5,6)7)22-21-40(11)28(32(27)42)13-14-30-39(10)18-17-31(43)38(8,9)29(39)16-19-41(30,40)12/h26-32,43H,13-25H2,1-12H3/t26?,27?,28?,29?,30?,31-,32?,39-,40+,41+,42-/m0/s1. The van der Waals surface area contributed by atoms with Gasteiger partial charge in [0.15, 0.2) is 6.79 Å². The predicted octanol–water partition coefficient (Wildman–Crippen LogP) is 8.72. The highest BCUT2D eigenvalue weighted by Crippen LogP contribution is 2.77. The van der Waals surface area contributed by atoms with E-state index in [-0.39, 0.29) is 77.0 Å². The first kappa shape index (κ1) is 39.5. The molecular weight excluding hydrogens is 632 g/mol. The molecule has 1 N–H and O–H groups in total. The van der Waals surface area contributed by atoms with Crippen LogP contribution in [0.3, 0.4) is 0 Å². The highest BCUT2D eigenvalue weighted by Gasteiger charge is 2.72. The number of rotatable bonds is 8. The van der Waals surface area contributed by atoms with Gasteiger partial charge in [0.05, 0.1) is 29.0 Å². The van der Waals surface area contributed by atoms with Gasteiger partial charge in [0, 0.05) is 0 Å². The minimum Gasteiger partial charge on any atom is -0.438 e. The molecule has 0 saturated heterocycles. The van der Waals surface area contributed by atoms with Crippen LogP contribution in [0, 0.1) is 73.4 Å². The molecule has 50 heavy (non-hydrogen) atoms. The van der Waals surface area contributed by atoms with Crippen LogP contribution in [0.5, 0.6) is 0 Å². The molecule has 286 valence electrons. The molecule has 0 aromatic rings. The lowest BCUT2D eigenvalue weighted by Gasteiger charge is -2.72. The Bertz CT molecular complexity index is 1290. The minimum absolute atomic E-state index is 0.0443. The summed E-state index contributed by atoms with van der Waals surface area (Å²) >= 11 is 0. The molecule has 8 heteroatoms. The molecular formula is C42H70O8. The van der Waals surface area contributed by atoms with E-state index in [1.54, 1.807) is 20.8 Å². The van der Waals surface area contributed by atoms with Crippen LogP contribution in [-0.2, 0) is 33.3 Å². The number of hydrogen-bond donors (Lipinski definition) is 1. The van der Waals surface area contributed by atoms with Crippen molar-refractivity contribution in [3.05, 3.63) is 0 Å². The lowest BCUT2D eigenvalue weighted by Crippen LogP contribution is -2.67. The average Bonchev–Trinajstić information content (AvgIpc) is 3.41. The van der Waals surface area contributed by atoms with Crippen molar-refractivity contribution < 1.29 is 38.4 Å². The lowest BCUT2D eigenvalue weighted by molar-refractivity contribution is -0.251. The van der Waals surface area contributed by atoms with E-state index in [1.165, 1.54) is 0 Å². The van der Waals surface area contributed by atoms with Crippen LogP contribution in [0.25, 0.3) is 0 Å². The van der Waals surface area contributed by atoms with Crippen molar-refractivity contribution in [2.75, 3.05) is 20.2 Å². The molecule has 8 nitrogen and oxygen atoms in total. The molecule has 0 aliphatic heterocycles. The highest BCUT2D eigenvalue weighted by molar-refractivity contribution is 5.79. The predicted molar refractivity (Wildman–Crippen MR) is 192 cm³/mol. The number of esters is 3. The topological polar surface area (TPSA) is 108 Å². The van der Waals surface area contributed by atoms with Crippen LogP contribution in [0.1, 0.15) is 147 Å². The Balaban J connectivity index is 1.42. The van der Waals surface area contributed by atoms with E-state index in [1.807, 2.05) is 20.8 Å². The fourth-order valence-corrected chi connectivity index (χ4v) is 12.8. The second-order valence-electron chi connectivity index (χ2n) is 20.8. The molecule has 11 atom stereocenters. The molecule has 6 unspecified atom stereocenters. The SMILES string of the molecule is CC(COCOC(=O)C(C)(C)C)C1CC[C@]2(C(=O)OCOC(=O)C(C)(C)C)CC[C@]3(C)C(CCC4[C@@]5(C)CC[C@H](O)C(C)(C)C5CC[C@]43C)C12. The van der Waals surface area contributed by atoms with Gasteiger partial charge in [-0.25, -0.2) is 0 Å². The van der Waals surface area contributed by atoms with E-state index in [0.29, 0.717) is 24.4 Å². The first-order valence-electron chi connectivity index (χ1n) is 19.7. The molecule has 5 aliphatic carbocycles. The van der Waals surface area contributed by atoms with Gasteiger partial charge in [0.25, 0.3) is 0 Å². The molecule has 5 aliphatic rings. The van der Waals surface area contributed by atoms with Gasteiger partial charge in [-0.2, -0.15) is 0 Å². The number of fused-ring (bicyclic) bond motifs is 7. The summed E-state index contributed by atoms with van der Waals surface area (Å²) in [6.07, 6.45) is 9.62. The number of aliphatic hydroxyl groups is 1. The Kier molecular flexibility index (Phi) is 10.5. The molecule has 0 aromatic carbocycles. The van der Waals surface area contributed by atoms with E-state index in [9.17, 15) is 19.5 Å². The van der Waals surface area contributed by atoms with Crippen molar-refractivity contribution in [1.29, 1.82) is 0 Å². The Morgan fingerprint density at radius 3 is 1.94 bits per heavy atom. The fourth-order valence-electron chi connectivity index (χ4n) is 12.8. The first-order chi connectivity index (χ1) is 23.0. The van der Waals surface area contributed by atoms with Crippen molar-refractivity contribution in [2.45, 2.75) is 153 Å². The van der Waals surface area contributed by atoms with Gasteiger partial charge in [0.1, 0.15) is 0 Å². The monoisotopic (exact) mass is 703 g/mol. The van der Waals surface area contributed by atoms with Crippen molar-refractivity contribution in [3.8, 4) is 0 Å². The van der Waals surface area contributed by atoms with Crippen LogP contribution in [0.2, 0.25) is 0 Å². The summed E-state index contributed by atoms with van der Waals surface area (Å²) in [5.41, 5.74) is -1.65. The summed E-state index contributed by atoms with van der Waals surface area (Å²) in [6, 6.07) is 0. The summed E-state index contributed by atoms with van der Waals surface area (Å²) in [4.78, 5) is 39.3. The van der Waals surface area contributed by atoms with E-state index in [2.05, 4.69) is 41.5 Å². The van der Waals surface area contributed by atoms with Crippen molar-refractivity contribution in [3.63, 3.8) is 0 Å². The second kappa shape index (κ2) is 13.3. The van der Waals surface area contributed by atoms with Gasteiger partial charge in [-0.1, -0.05) is 41.5 Å². The van der Waals surface area contributed by atoms with Crippen molar-refractivity contribution >= 4 is 17.9 Å². The largest absolute Gasteiger partial charge is 0.438 e. The van der Waals surface area contributed by atoms with Gasteiger partial charge in [-0.3, -0.25) is 14.4 Å². The van der Waals surface area contributed by atoms with Crippen LogP contribution in [0.4, 0.5) is 0 Å². The van der Waals surface area contributed by atoms with Crippen LogP contribution < -0.4 is 0 Å². The van der Waals surface area contributed by atoms with Gasteiger partial charge in [-0.15, -0.1) is 0 Å². The van der Waals surface area contributed by atoms with E-state index in [4.69, 9.17) is 18.9 Å². The summed E-state index contributed by atoms with van der Waals surface area (Å²) in [6.45, 7) is 25.4. The molecule has 5 fully saturated rings. The molecule has 0 spiro atoms. The first-order valence-corrected chi connectivity index (χ1v) is 19.7. The molecule has 0 bridgehead atoms. The molecule has 0 heterocycles. The van der Waals surface area contributed by atoms with E-state index < -0.39 is 16.2 Å². The summed E-state index contributed by atoms with van der Waals surface area (Å²) in [5.74, 6) is 1.05. The number of carbonyl (C=O) groups is 3. The maximum atomic E-state index is 14.4. The number of aliphatic hydroxyl groups excluding tert-OH is 1. The third-order valence-corrected chi connectivity index (χ3v) is 15.9. The maximum Gasteiger partial charge on any atom is 0.315 e. The van der Waals surface area contributed by atoms with Crippen LogP contribution >= 0.6 is 0 Å². The van der Waals surface area contributed by atoms with Gasteiger partial charge in [0.2, 0.25) is 6.79 Å². The zero-order valence-electron chi connectivity index (χ0n) is 33.5. The van der Waals surface area contributed by atoms with Gasteiger partial charge >= 0.3 is 17.9 Å². The number of carbonyl (C=O) groups excluding carboxylic acids is 3. The third-order valence-electron chi connectivity index (χ3n) is 15.9. The molecule has 0 aromatic heterocycles. The summed E-state index contributed by atoms with van der Waals surface area (Å²) < 4.78 is 22.8. The highest BCUT2D eigenvalue weighted by atomic mass is 16.7. The smallest absolute Gasteiger partial charge is 0.315 e. The van der Waals surface area contributed by atoms with E-state index in [0.717, 1.165) is 64.2 Å². The van der Waals surface area contributed by atoms with Crippen LogP contribution in [0.15, 0.2) is 0 Å². The number of hydrogen-bond acceptors (Lipinski definition) is 8. The molecule has 0 amide bonds. The van der Waals surface area contributed by atoms with Gasteiger partial charge < -0.3 is 24.1 Å². The quantitative estimate of drug-likeness (QED) is 0.152. The zero-order valence-corrected chi connectivity index (χ0v) is 33.5. The minimum atomic E-state index is -0.676. The average molecular weight is 703 g/mol. The Morgan fingerprint density at radius 2 is 1.32 bits per heavy atom. The summed E-state index contributed by atoms with van der Waals surface area (Å²) in [5, 5.41) is 11.1. The third kappa shape index (κ3) is 6.36. The number of ether oxygens (including phenoxy) is 4. The maximum absolute atomic E-state index is 14.4. The lowest BCUT2D eigenvalue weighted by atomic mass is 9.32. The second-order valence-corrected chi connectivity index (χ2v) is 20.8. The zero-order chi connectivity index (χ0) is 37.3. The Labute approximate surface area is 302 Å². The Morgan fingerprint density at radius 1 is 0.700 bits per heavy atom. The van der Waals surface area contributed by atoms with E-state index >= 15 is 0 Å². The Hall–Kier alpha value is -1.67. The normalized spacial score (nSPS) is 41.5. The molecule has 5 rings (SSSR count). The summed E-state index contributed by atoms with van der Waals surface area (Å²) in [7, 11) is 0. The van der Waals surface area contributed by atoms with Crippen molar-refractivity contribution in [2.24, 2.45) is 73.4 Å². The van der Waals surface area contributed by atoms with Gasteiger partial charge in [-0.05, 0) is 163 Å². The van der Waals surface area contributed by atoms with Crippen LogP contribution in [-0.4, -0.2) is 49.3 Å². The fraction of sp³-hybridized carbons (Fsp3) is 0.929. The molecule has 5 saturated carbocycles.